The number of aromatic nitrogens is 2. The summed E-state index contributed by atoms with van der Waals surface area (Å²) >= 11 is 5.81. The number of hydrogen-bond acceptors (Lipinski definition) is 5. The number of anilines is 1. The molecule has 1 aliphatic rings. The van der Waals surface area contributed by atoms with Crippen molar-refractivity contribution in [1.82, 2.24) is 15.1 Å². The third-order valence-corrected chi connectivity index (χ3v) is 4.11. The highest BCUT2D eigenvalue weighted by atomic mass is 35.5. The monoisotopic (exact) mass is 386 g/mol. The lowest BCUT2D eigenvalue weighted by Gasteiger charge is -2.41. The molecule has 1 N–H and O–H groups in total. The first-order valence-electron chi connectivity index (χ1n) is 8.32. The predicted molar refractivity (Wildman–Crippen MR) is 95.3 cm³/mol. The molecular weight excluding hydrogens is 366 g/mol. The van der Waals surface area contributed by atoms with E-state index in [9.17, 15) is 13.6 Å². The van der Waals surface area contributed by atoms with E-state index in [4.69, 9.17) is 16.0 Å². The number of amides is 1. The van der Waals surface area contributed by atoms with Crippen LogP contribution in [-0.2, 0) is 4.79 Å². The Morgan fingerprint density at radius 3 is 2.50 bits per heavy atom. The number of carbonyl (C=O) groups is 1. The molecule has 9 heteroatoms. The van der Waals surface area contributed by atoms with Crippen LogP contribution in [0.4, 0.5) is 14.8 Å². The maximum atomic E-state index is 13.0. The lowest BCUT2D eigenvalue weighted by molar-refractivity contribution is -0.148. The van der Waals surface area contributed by atoms with E-state index in [1.165, 1.54) is 4.90 Å². The van der Waals surface area contributed by atoms with Crippen molar-refractivity contribution in [3.05, 3.63) is 29.3 Å². The Kier molecular flexibility index (Phi) is 6.52. The zero-order chi connectivity index (χ0) is 19.3. The Balaban J connectivity index is 0.00000117. The van der Waals surface area contributed by atoms with Crippen LogP contribution in [0.25, 0.3) is 11.5 Å². The van der Waals surface area contributed by atoms with Crippen molar-refractivity contribution in [3.8, 4) is 11.5 Å². The second-order valence-corrected chi connectivity index (χ2v) is 6.16. The molecule has 0 aliphatic carbocycles. The van der Waals surface area contributed by atoms with Gasteiger partial charge in [0.2, 0.25) is 11.8 Å². The molecule has 0 atom stereocenters. The number of nitrogens with zero attached hydrogens (tertiary/aromatic N) is 3. The number of benzene rings is 1. The fourth-order valence-electron chi connectivity index (χ4n) is 2.27. The summed E-state index contributed by atoms with van der Waals surface area (Å²) in [6.45, 7) is 4.90. The molecule has 0 saturated carbocycles. The van der Waals surface area contributed by atoms with Crippen LogP contribution in [0.2, 0.25) is 5.02 Å². The van der Waals surface area contributed by atoms with Crippen LogP contribution < -0.4 is 5.32 Å². The van der Waals surface area contributed by atoms with Gasteiger partial charge < -0.3 is 14.6 Å². The predicted octanol–water partition coefficient (Wildman–Crippen LogP) is 3.94. The molecule has 1 aromatic carbocycles. The van der Waals surface area contributed by atoms with Crippen LogP contribution in [0, 0.1) is 5.92 Å². The van der Waals surface area contributed by atoms with E-state index >= 15 is 0 Å². The van der Waals surface area contributed by atoms with Gasteiger partial charge in [0.15, 0.2) is 0 Å². The third kappa shape index (κ3) is 4.91. The lowest BCUT2D eigenvalue weighted by atomic mass is 9.94. The second kappa shape index (κ2) is 8.44. The summed E-state index contributed by atoms with van der Waals surface area (Å²) in [6.07, 6.45) is 0. The van der Waals surface area contributed by atoms with Gasteiger partial charge in [-0.1, -0.05) is 30.5 Å². The minimum atomic E-state index is -2.76. The highest BCUT2D eigenvalue weighted by Crippen LogP contribution is 2.31. The molecule has 3 rings (SSSR count). The molecule has 2 aromatic rings. The highest BCUT2D eigenvalue weighted by Gasteiger charge is 2.44. The molecule has 0 spiro atoms. The van der Waals surface area contributed by atoms with Crippen molar-refractivity contribution in [1.29, 1.82) is 0 Å². The molecule has 1 amide bonds. The molecule has 1 aliphatic heterocycles. The molecule has 1 fully saturated rings. The van der Waals surface area contributed by atoms with Crippen molar-refractivity contribution >= 4 is 23.5 Å². The first kappa shape index (κ1) is 20.1. The van der Waals surface area contributed by atoms with Crippen LogP contribution in [0.1, 0.15) is 20.8 Å². The minimum Gasteiger partial charge on any atom is -0.403 e. The SMILES string of the molecule is CC.CC(F)(F)C1CN(C(=O)CNc2nnc(-c3ccc(Cl)cc3)o2)C1. The van der Waals surface area contributed by atoms with E-state index in [2.05, 4.69) is 15.5 Å². The van der Waals surface area contributed by atoms with Gasteiger partial charge in [-0.2, -0.15) is 0 Å². The van der Waals surface area contributed by atoms with Crippen molar-refractivity contribution in [2.75, 3.05) is 25.0 Å². The molecule has 2 heterocycles. The Hall–Kier alpha value is -2.22. The summed E-state index contributed by atoms with van der Waals surface area (Å²) in [5.74, 6) is -3.54. The largest absolute Gasteiger partial charge is 0.403 e. The highest BCUT2D eigenvalue weighted by molar-refractivity contribution is 6.30. The third-order valence-electron chi connectivity index (χ3n) is 3.86. The smallest absolute Gasteiger partial charge is 0.316 e. The zero-order valence-corrected chi connectivity index (χ0v) is 15.6. The Morgan fingerprint density at radius 2 is 1.92 bits per heavy atom. The van der Waals surface area contributed by atoms with Crippen molar-refractivity contribution in [2.45, 2.75) is 26.7 Å². The van der Waals surface area contributed by atoms with Crippen LogP contribution in [-0.4, -0.2) is 46.6 Å². The number of halogens is 3. The van der Waals surface area contributed by atoms with E-state index < -0.39 is 11.8 Å². The van der Waals surface area contributed by atoms with Crippen LogP contribution >= 0.6 is 11.6 Å². The molecule has 1 saturated heterocycles. The average molecular weight is 387 g/mol. The Morgan fingerprint density at radius 1 is 1.31 bits per heavy atom. The summed E-state index contributed by atoms with van der Waals surface area (Å²) in [7, 11) is 0. The van der Waals surface area contributed by atoms with Gasteiger partial charge in [-0.15, -0.1) is 5.10 Å². The van der Waals surface area contributed by atoms with Crippen molar-refractivity contribution in [2.24, 2.45) is 5.92 Å². The van der Waals surface area contributed by atoms with E-state index in [-0.39, 0.29) is 37.4 Å². The number of nitrogens with one attached hydrogen (secondary N) is 1. The molecule has 0 unspecified atom stereocenters. The topological polar surface area (TPSA) is 71.3 Å². The molecule has 6 nitrogen and oxygen atoms in total. The quantitative estimate of drug-likeness (QED) is 0.842. The van der Waals surface area contributed by atoms with Gasteiger partial charge in [0.1, 0.15) is 0 Å². The molecule has 1 aromatic heterocycles. The normalized spacial score (nSPS) is 14.3. The first-order valence-corrected chi connectivity index (χ1v) is 8.69. The summed E-state index contributed by atoms with van der Waals surface area (Å²) < 4.78 is 31.5. The van der Waals surface area contributed by atoms with Gasteiger partial charge >= 0.3 is 6.01 Å². The van der Waals surface area contributed by atoms with Crippen LogP contribution in [0.5, 0.6) is 0 Å². The molecule has 0 bridgehead atoms. The van der Waals surface area contributed by atoms with Crippen LogP contribution in [0.15, 0.2) is 28.7 Å². The van der Waals surface area contributed by atoms with E-state index in [1.54, 1.807) is 24.3 Å². The molecule has 142 valence electrons. The summed E-state index contributed by atoms with van der Waals surface area (Å²) in [4.78, 5) is 13.3. The van der Waals surface area contributed by atoms with Crippen LogP contribution in [0.3, 0.4) is 0 Å². The van der Waals surface area contributed by atoms with Crippen molar-refractivity contribution < 1.29 is 18.0 Å². The molecule has 26 heavy (non-hydrogen) atoms. The molecular formula is C17H21ClF2N4O2. The zero-order valence-electron chi connectivity index (χ0n) is 14.8. The molecule has 0 radical (unpaired) electrons. The summed E-state index contributed by atoms with van der Waals surface area (Å²) in [5.41, 5.74) is 0.696. The van der Waals surface area contributed by atoms with Gasteiger partial charge in [0.25, 0.3) is 5.92 Å². The van der Waals surface area contributed by atoms with Gasteiger partial charge in [0, 0.05) is 23.7 Å². The van der Waals surface area contributed by atoms with E-state index in [0.717, 1.165) is 6.92 Å². The maximum absolute atomic E-state index is 13.0. The summed E-state index contributed by atoms with van der Waals surface area (Å²) in [5, 5.41) is 11.0. The van der Waals surface area contributed by atoms with Gasteiger partial charge in [0.05, 0.1) is 12.5 Å². The first-order chi connectivity index (χ1) is 12.3. The van der Waals surface area contributed by atoms with Gasteiger partial charge in [-0.05, 0) is 31.2 Å². The minimum absolute atomic E-state index is 0.0594. The fourth-order valence-corrected chi connectivity index (χ4v) is 2.40. The Labute approximate surface area is 155 Å². The average Bonchev–Trinajstić information content (AvgIpc) is 3.02. The number of rotatable bonds is 5. The van der Waals surface area contributed by atoms with E-state index in [1.807, 2.05) is 13.8 Å². The number of hydrogen-bond donors (Lipinski definition) is 1. The van der Waals surface area contributed by atoms with Crippen molar-refractivity contribution in [3.63, 3.8) is 0 Å². The Bertz CT molecular complexity index is 725. The maximum Gasteiger partial charge on any atom is 0.316 e. The lowest BCUT2D eigenvalue weighted by Crippen LogP contribution is -2.57. The van der Waals surface area contributed by atoms with Gasteiger partial charge in [-0.25, -0.2) is 8.78 Å². The van der Waals surface area contributed by atoms with E-state index in [0.29, 0.717) is 10.6 Å². The van der Waals surface area contributed by atoms with Gasteiger partial charge in [-0.3, -0.25) is 4.79 Å². The number of carbonyl (C=O) groups excluding carboxylic acids is 1. The standard InChI is InChI=1S/C15H15ClF2N4O2.C2H6/c1-15(17,18)10-7-22(8-10)12(23)6-19-14-21-20-13(24-14)9-2-4-11(16)5-3-9;1-2/h2-5,10H,6-8H2,1H3,(H,19,21);1-2H3. The second-order valence-electron chi connectivity index (χ2n) is 5.72. The number of alkyl halides is 2. The summed E-state index contributed by atoms with van der Waals surface area (Å²) in [6, 6.07) is 6.95. The number of likely N-dealkylation sites (tertiary alicyclic amines) is 1. The fraction of sp³-hybridized carbons (Fsp3) is 0.471.